The largest absolute Gasteiger partial charge is 0.379 e. The Hall–Kier alpha value is -1.52. The van der Waals surface area contributed by atoms with Crippen molar-refractivity contribution in [1.29, 1.82) is 0 Å². The number of ether oxygens (including phenoxy) is 10. The van der Waals surface area contributed by atoms with Crippen molar-refractivity contribution in [3.63, 3.8) is 0 Å². The fourth-order valence-electron chi connectivity index (χ4n) is 4.23. The Bertz CT molecular complexity index is 709. The lowest BCUT2D eigenvalue weighted by molar-refractivity contribution is -0.137. The van der Waals surface area contributed by atoms with Gasteiger partial charge in [-0.2, -0.15) is 0 Å². The fourth-order valence-corrected chi connectivity index (χ4v) is 4.23. The Kier molecular flexibility index (Phi) is 33.1. The highest BCUT2D eigenvalue weighted by Crippen LogP contribution is 2.08. The molecular weight excluding hydrogens is 614 g/mol. The molecule has 0 atom stereocenters. The lowest BCUT2D eigenvalue weighted by atomic mass is 10.1. The third-order valence-corrected chi connectivity index (χ3v) is 6.85. The SMILES string of the molecule is CCCCCCCCCCOCCOCCOCCOCCOCCOCCOCCOCCOCCOCCN1C(=O)C=CC1=O. The minimum atomic E-state index is -0.303. The van der Waals surface area contributed by atoms with E-state index in [1.807, 2.05) is 0 Å². The van der Waals surface area contributed by atoms with Gasteiger partial charge in [0.2, 0.25) is 0 Å². The minimum Gasteiger partial charge on any atom is -0.379 e. The van der Waals surface area contributed by atoms with Crippen molar-refractivity contribution in [2.75, 3.05) is 139 Å². The van der Waals surface area contributed by atoms with E-state index in [1.165, 1.54) is 57.1 Å². The van der Waals surface area contributed by atoms with E-state index in [-0.39, 0.29) is 25.0 Å². The molecule has 13 nitrogen and oxygen atoms in total. The Morgan fingerprint density at radius 2 is 0.617 bits per heavy atom. The minimum absolute atomic E-state index is 0.243. The summed E-state index contributed by atoms with van der Waals surface area (Å²) in [5.41, 5.74) is 0. The second-order valence-electron chi connectivity index (χ2n) is 10.8. The standard InChI is InChI=1S/C34H63NO12/c1-2-3-4-5-6-7-8-9-13-38-15-17-40-19-21-42-23-25-44-27-29-46-31-32-47-30-28-45-26-24-43-22-20-41-18-16-39-14-12-35-33(36)10-11-34(35)37/h10-11H,2-9,12-32H2,1H3. The highest BCUT2D eigenvalue weighted by atomic mass is 16.6. The number of nitrogens with zero attached hydrogens (tertiary/aromatic N) is 1. The van der Waals surface area contributed by atoms with Crippen molar-refractivity contribution < 1.29 is 57.0 Å². The molecule has 0 aromatic rings. The maximum atomic E-state index is 11.4. The lowest BCUT2D eigenvalue weighted by Crippen LogP contribution is -2.33. The molecule has 276 valence electrons. The van der Waals surface area contributed by atoms with Crippen LogP contribution in [0.4, 0.5) is 0 Å². The number of hydrogen-bond acceptors (Lipinski definition) is 12. The summed E-state index contributed by atoms with van der Waals surface area (Å²) in [6, 6.07) is 0. The van der Waals surface area contributed by atoms with Crippen LogP contribution in [0.5, 0.6) is 0 Å². The summed E-state index contributed by atoms with van der Waals surface area (Å²) in [7, 11) is 0. The molecule has 0 unspecified atom stereocenters. The van der Waals surface area contributed by atoms with Crippen LogP contribution in [-0.2, 0) is 57.0 Å². The Labute approximate surface area is 282 Å². The Morgan fingerprint density at radius 1 is 0.362 bits per heavy atom. The van der Waals surface area contributed by atoms with Gasteiger partial charge in [-0.25, -0.2) is 0 Å². The second kappa shape index (κ2) is 35.8. The van der Waals surface area contributed by atoms with E-state index in [1.54, 1.807) is 0 Å². The van der Waals surface area contributed by atoms with E-state index in [0.29, 0.717) is 119 Å². The van der Waals surface area contributed by atoms with Crippen LogP contribution in [0.25, 0.3) is 0 Å². The van der Waals surface area contributed by atoms with Crippen LogP contribution < -0.4 is 0 Å². The van der Waals surface area contributed by atoms with Crippen LogP contribution in [0.1, 0.15) is 58.3 Å². The zero-order valence-electron chi connectivity index (χ0n) is 29.0. The molecule has 0 N–H and O–H groups in total. The molecule has 0 saturated heterocycles. The van der Waals surface area contributed by atoms with Gasteiger partial charge in [-0.15, -0.1) is 0 Å². The maximum absolute atomic E-state index is 11.4. The molecule has 0 spiro atoms. The highest BCUT2D eigenvalue weighted by molar-refractivity contribution is 6.12. The van der Waals surface area contributed by atoms with E-state index in [2.05, 4.69) is 6.92 Å². The van der Waals surface area contributed by atoms with Gasteiger partial charge in [-0.1, -0.05) is 51.9 Å². The van der Waals surface area contributed by atoms with Crippen molar-refractivity contribution in [2.24, 2.45) is 0 Å². The number of hydrogen-bond donors (Lipinski definition) is 0. The first kappa shape index (κ1) is 43.5. The van der Waals surface area contributed by atoms with Crippen molar-refractivity contribution in [3.05, 3.63) is 12.2 Å². The first-order valence-corrected chi connectivity index (χ1v) is 17.6. The molecule has 0 saturated carbocycles. The Morgan fingerprint density at radius 3 is 0.936 bits per heavy atom. The molecule has 0 aliphatic carbocycles. The molecule has 0 aromatic carbocycles. The number of rotatable bonds is 39. The second-order valence-corrected chi connectivity index (χ2v) is 10.8. The van der Waals surface area contributed by atoms with E-state index < -0.39 is 0 Å². The van der Waals surface area contributed by atoms with E-state index in [9.17, 15) is 9.59 Å². The summed E-state index contributed by atoms with van der Waals surface area (Å²) < 4.78 is 54.8. The molecule has 0 aromatic heterocycles. The van der Waals surface area contributed by atoms with Gasteiger partial charge in [0.1, 0.15) is 0 Å². The Balaban J connectivity index is 1.62. The normalized spacial score (nSPS) is 13.1. The van der Waals surface area contributed by atoms with Crippen LogP contribution in [0, 0.1) is 0 Å². The summed E-state index contributed by atoms with van der Waals surface area (Å²) in [5, 5.41) is 0. The quantitative estimate of drug-likeness (QED) is 0.0700. The van der Waals surface area contributed by atoms with Crippen molar-refractivity contribution >= 4 is 11.8 Å². The zero-order chi connectivity index (χ0) is 33.7. The fraction of sp³-hybridized carbons (Fsp3) is 0.882. The highest BCUT2D eigenvalue weighted by Gasteiger charge is 2.22. The average Bonchev–Trinajstić information content (AvgIpc) is 3.40. The zero-order valence-corrected chi connectivity index (χ0v) is 29.0. The predicted octanol–water partition coefficient (Wildman–Crippen LogP) is 3.22. The maximum Gasteiger partial charge on any atom is 0.253 e. The molecule has 2 amide bonds. The van der Waals surface area contributed by atoms with Gasteiger partial charge in [0.25, 0.3) is 11.8 Å². The molecular formula is C34H63NO12. The molecule has 13 heteroatoms. The molecule has 0 fully saturated rings. The molecule has 0 bridgehead atoms. The van der Waals surface area contributed by atoms with Gasteiger partial charge in [-0.05, 0) is 6.42 Å². The van der Waals surface area contributed by atoms with E-state index in [4.69, 9.17) is 47.4 Å². The summed E-state index contributed by atoms with van der Waals surface area (Å²) in [6.45, 7) is 12.7. The van der Waals surface area contributed by atoms with Crippen molar-refractivity contribution in [2.45, 2.75) is 58.3 Å². The smallest absolute Gasteiger partial charge is 0.253 e. The van der Waals surface area contributed by atoms with Gasteiger partial charge in [-0.3, -0.25) is 14.5 Å². The molecule has 47 heavy (non-hydrogen) atoms. The molecule has 0 radical (unpaired) electrons. The van der Waals surface area contributed by atoms with E-state index >= 15 is 0 Å². The van der Waals surface area contributed by atoms with Gasteiger partial charge in [0, 0.05) is 18.8 Å². The van der Waals surface area contributed by atoms with Crippen LogP contribution in [0.15, 0.2) is 12.2 Å². The van der Waals surface area contributed by atoms with Gasteiger partial charge in [0.15, 0.2) is 0 Å². The monoisotopic (exact) mass is 677 g/mol. The molecule has 1 aliphatic rings. The lowest BCUT2D eigenvalue weighted by Gasteiger charge is -2.13. The summed E-state index contributed by atoms with van der Waals surface area (Å²) in [6.07, 6.45) is 13.0. The first-order chi connectivity index (χ1) is 23.3. The summed E-state index contributed by atoms with van der Waals surface area (Å²) in [4.78, 5) is 23.9. The third-order valence-electron chi connectivity index (χ3n) is 6.85. The van der Waals surface area contributed by atoms with Gasteiger partial charge < -0.3 is 47.4 Å². The van der Waals surface area contributed by atoms with Gasteiger partial charge in [0.05, 0.1) is 132 Å². The number of carbonyl (C=O) groups is 2. The number of imide groups is 1. The van der Waals surface area contributed by atoms with Gasteiger partial charge >= 0.3 is 0 Å². The van der Waals surface area contributed by atoms with Crippen LogP contribution in [0.3, 0.4) is 0 Å². The van der Waals surface area contributed by atoms with Crippen LogP contribution >= 0.6 is 0 Å². The van der Waals surface area contributed by atoms with E-state index in [0.717, 1.165) is 17.9 Å². The summed E-state index contributed by atoms with van der Waals surface area (Å²) >= 11 is 0. The number of unbranched alkanes of at least 4 members (excludes halogenated alkanes) is 7. The molecule has 1 rings (SSSR count). The molecule has 1 heterocycles. The average molecular weight is 678 g/mol. The molecule has 1 aliphatic heterocycles. The third kappa shape index (κ3) is 30.3. The first-order valence-electron chi connectivity index (χ1n) is 17.6. The van der Waals surface area contributed by atoms with Crippen molar-refractivity contribution in [3.8, 4) is 0 Å². The van der Waals surface area contributed by atoms with Crippen LogP contribution in [-0.4, -0.2) is 155 Å². The topological polar surface area (TPSA) is 130 Å². The van der Waals surface area contributed by atoms with Crippen LogP contribution in [0.2, 0.25) is 0 Å². The number of amides is 2. The predicted molar refractivity (Wildman–Crippen MR) is 177 cm³/mol. The van der Waals surface area contributed by atoms with Crippen molar-refractivity contribution in [1.82, 2.24) is 4.90 Å². The summed E-state index contributed by atoms with van der Waals surface area (Å²) in [5.74, 6) is -0.606. The number of carbonyl (C=O) groups excluding carboxylic acids is 2.